The van der Waals surface area contributed by atoms with Crippen molar-refractivity contribution in [2.75, 3.05) is 24.7 Å². The lowest BCUT2D eigenvalue weighted by molar-refractivity contribution is -0.156. The van der Waals surface area contributed by atoms with Gasteiger partial charge in [0.2, 0.25) is 0 Å². The maximum atomic E-state index is 13.2. The van der Waals surface area contributed by atoms with Crippen molar-refractivity contribution >= 4 is 44.4 Å². The molecule has 5 heterocycles. The van der Waals surface area contributed by atoms with E-state index in [4.69, 9.17) is 44.5 Å². The average Bonchev–Trinajstić information content (AvgIpc) is 3.70. The number of phosphoric ester groups is 2. The minimum absolute atomic E-state index is 0.0528. The molecule has 48 heavy (non-hydrogen) atoms. The Morgan fingerprint density at radius 1 is 1.10 bits per heavy atom. The quantitative estimate of drug-likeness (QED) is 0.0680. The van der Waals surface area contributed by atoms with E-state index < -0.39 is 83.5 Å². The van der Waals surface area contributed by atoms with Gasteiger partial charge in [0.1, 0.15) is 48.3 Å². The third kappa shape index (κ3) is 8.31. The van der Waals surface area contributed by atoms with E-state index in [9.17, 15) is 28.7 Å². The van der Waals surface area contributed by atoms with Crippen LogP contribution in [-0.2, 0) is 41.7 Å². The second-order valence-electron chi connectivity index (χ2n) is 10.5. The Kier molecular flexibility index (Phi) is 10.7. The maximum absolute atomic E-state index is 13.2. The molecule has 0 amide bonds. The summed E-state index contributed by atoms with van der Waals surface area (Å²) in [6.07, 6.45) is -4.51. The third-order valence-electron chi connectivity index (χ3n) is 7.21. The number of carbonyl (C=O) groups is 1. The highest BCUT2D eigenvalue weighted by atomic mass is 31.2. The van der Waals surface area contributed by atoms with Gasteiger partial charge in [-0.1, -0.05) is 6.08 Å². The van der Waals surface area contributed by atoms with Crippen molar-refractivity contribution in [2.24, 2.45) is 0 Å². The third-order valence-corrected chi connectivity index (χ3v) is 8.71. The number of esters is 1. The molecule has 0 radical (unpaired) electrons. The molecule has 8 atom stereocenters. The first-order valence-electron chi connectivity index (χ1n) is 14.1. The number of anilines is 2. The molecule has 2 fully saturated rings. The number of carbonyl (C=O) groups excluding carboxylic acids is 1. The van der Waals surface area contributed by atoms with Gasteiger partial charge >= 0.3 is 27.3 Å². The number of fused-ring (bicyclic) bond motifs is 1. The molecule has 2 aliphatic heterocycles. The van der Waals surface area contributed by atoms with Crippen LogP contribution in [0.15, 0.2) is 42.4 Å². The highest BCUT2D eigenvalue weighted by Crippen LogP contribution is 2.50. The summed E-state index contributed by atoms with van der Waals surface area (Å²) >= 11 is 0. The molecule has 22 nitrogen and oxygen atoms in total. The van der Waals surface area contributed by atoms with E-state index in [1.807, 2.05) is 0 Å². The number of phosphoric acid groups is 2. The highest BCUT2D eigenvalue weighted by molar-refractivity contribution is 7.47. The van der Waals surface area contributed by atoms with Crippen LogP contribution in [0, 0.1) is 0 Å². The first-order valence-corrected chi connectivity index (χ1v) is 17.1. The zero-order valence-corrected chi connectivity index (χ0v) is 26.6. The Labute approximate surface area is 270 Å². The fraction of sp³-hybridized carbons (Fsp3) is 0.500. The van der Waals surface area contributed by atoms with E-state index in [2.05, 4.69) is 31.0 Å². The molecule has 8 N–H and O–H groups in total. The predicted octanol–water partition coefficient (Wildman–Crippen LogP) is -0.717. The summed E-state index contributed by atoms with van der Waals surface area (Å²) in [5, 5.41) is 11.2. The van der Waals surface area contributed by atoms with Crippen molar-refractivity contribution in [3.05, 3.63) is 48.1 Å². The molecular weight excluding hydrogens is 686 g/mol. The van der Waals surface area contributed by atoms with E-state index in [0.717, 1.165) is 4.57 Å². The molecule has 2 saturated heterocycles. The Morgan fingerprint density at radius 3 is 2.56 bits per heavy atom. The normalized spacial score (nSPS) is 27.2. The van der Waals surface area contributed by atoms with Crippen LogP contribution in [-0.4, -0.2) is 98.6 Å². The van der Waals surface area contributed by atoms with Gasteiger partial charge in [-0.15, -0.1) is 6.58 Å². The average molecular weight is 719 g/mol. The van der Waals surface area contributed by atoms with Crippen molar-refractivity contribution < 1.29 is 61.5 Å². The number of nitrogens with two attached hydrogens (primary N) is 2. The number of imidazole rings is 1. The van der Waals surface area contributed by atoms with Crippen LogP contribution in [0.4, 0.5) is 11.6 Å². The number of allylic oxidation sites excluding steroid dienone is 1. The fourth-order valence-corrected chi connectivity index (χ4v) is 6.33. The summed E-state index contributed by atoms with van der Waals surface area (Å²) in [4.78, 5) is 69.6. The van der Waals surface area contributed by atoms with Gasteiger partial charge in [0.25, 0.3) is 0 Å². The summed E-state index contributed by atoms with van der Waals surface area (Å²) in [6.45, 7) is 1.97. The van der Waals surface area contributed by atoms with E-state index in [1.165, 1.54) is 35.6 Å². The molecule has 0 spiro atoms. The molecule has 5 rings (SSSR count). The lowest BCUT2D eigenvalue weighted by Crippen LogP contribution is -2.38. The second-order valence-corrected chi connectivity index (χ2v) is 13.2. The van der Waals surface area contributed by atoms with Crippen molar-refractivity contribution in [1.82, 2.24) is 29.1 Å². The number of ether oxygens (including phenoxy) is 3. The van der Waals surface area contributed by atoms with Crippen molar-refractivity contribution in [3.8, 4) is 0 Å². The van der Waals surface area contributed by atoms with Crippen LogP contribution in [0.3, 0.4) is 0 Å². The topological polar surface area (TPSA) is 318 Å². The fourth-order valence-electron chi connectivity index (χ4n) is 5.03. The molecular formula is C24H32N8O14P2. The highest BCUT2D eigenvalue weighted by Gasteiger charge is 2.49. The zero-order chi connectivity index (χ0) is 34.8. The van der Waals surface area contributed by atoms with E-state index in [-0.39, 0.29) is 42.1 Å². The molecule has 0 aromatic carbocycles. The molecule has 0 aliphatic carbocycles. The number of rotatable bonds is 14. The summed E-state index contributed by atoms with van der Waals surface area (Å²) in [5.74, 6) is -0.758. The Hall–Kier alpha value is -3.66. The molecule has 3 aromatic rings. The van der Waals surface area contributed by atoms with Gasteiger partial charge < -0.3 is 45.5 Å². The Balaban J connectivity index is 1.33. The number of hydrogen-bond donors (Lipinski definition) is 6. The smallest absolute Gasteiger partial charge is 0.457 e. The van der Waals surface area contributed by atoms with Crippen molar-refractivity contribution in [1.29, 1.82) is 0 Å². The largest absolute Gasteiger partial charge is 0.472 e. The van der Waals surface area contributed by atoms with Crippen molar-refractivity contribution in [3.63, 3.8) is 0 Å². The Morgan fingerprint density at radius 2 is 1.85 bits per heavy atom. The van der Waals surface area contributed by atoms with E-state index in [1.54, 1.807) is 0 Å². The van der Waals surface area contributed by atoms with Crippen LogP contribution in [0.2, 0.25) is 0 Å². The lowest BCUT2D eigenvalue weighted by Gasteiger charge is -2.23. The van der Waals surface area contributed by atoms with Crippen LogP contribution in [0.25, 0.3) is 11.2 Å². The summed E-state index contributed by atoms with van der Waals surface area (Å²) < 4.78 is 58.9. The molecule has 2 aliphatic rings. The minimum atomic E-state index is -5.08. The van der Waals surface area contributed by atoms with Crippen LogP contribution < -0.4 is 17.2 Å². The summed E-state index contributed by atoms with van der Waals surface area (Å²) in [5.41, 5.74) is 10.9. The van der Waals surface area contributed by atoms with Crippen LogP contribution in [0.5, 0.6) is 0 Å². The van der Waals surface area contributed by atoms with Gasteiger partial charge in [0.05, 0.1) is 19.5 Å². The van der Waals surface area contributed by atoms with Crippen LogP contribution >= 0.6 is 15.6 Å². The first kappa shape index (κ1) is 35.6. The number of aromatic nitrogens is 6. The van der Waals surface area contributed by atoms with Gasteiger partial charge in [-0.3, -0.25) is 27.5 Å². The first-order chi connectivity index (χ1) is 22.7. The number of aliphatic hydroxyl groups excluding tert-OH is 1. The minimum Gasteiger partial charge on any atom is -0.457 e. The second kappa shape index (κ2) is 14.4. The summed E-state index contributed by atoms with van der Waals surface area (Å²) in [6, 6.07) is 1.29. The number of nitrogens with zero attached hydrogens (tertiary/aromatic N) is 6. The number of aliphatic hydroxyl groups is 1. The molecule has 24 heteroatoms. The summed E-state index contributed by atoms with van der Waals surface area (Å²) in [7, 11) is -10.1. The predicted molar refractivity (Wildman–Crippen MR) is 159 cm³/mol. The molecule has 0 saturated carbocycles. The molecule has 262 valence electrons. The van der Waals surface area contributed by atoms with Gasteiger partial charge in [-0.05, 0) is 12.5 Å². The van der Waals surface area contributed by atoms with Gasteiger partial charge in [-0.25, -0.2) is 28.9 Å². The van der Waals surface area contributed by atoms with Gasteiger partial charge in [0.15, 0.2) is 23.8 Å². The number of nitrogen functional groups attached to an aromatic ring is 2. The molecule has 3 aromatic heterocycles. The molecule has 1 unspecified atom stereocenters. The van der Waals surface area contributed by atoms with E-state index >= 15 is 0 Å². The molecule has 0 bridgehead atoms. The monoisotopic (exact) mass is 718 g/mol. The SMILES string of the molecule is C=CCCC(=O)O[C@H]1[C@@H](O)[C@H](n2cnc3c(N)ncnc32)O[C@@H]1COP(=O)(O)O[C@H]1C[C@H](n2ccc(N)nc2=O)O[C@@H]1COP(=O)(O)O. The lowest BCUT2D eigenvalue weighted by atomic mass is 10.1. The zero-order valence-electron chi connectivity index (χ0n) is 24.8. The van der Waals surface area contributed by atoms with Gasteiger partial charge in [0, 0.05) is 19.0 Å². The van der Waals surface area contributed by atoms with E-state index in [0.29, 0.717) is 0 Å². The van der Waals surface area contributed by atoms with Gasteiger partial charge in [-0.2, -0.15) is 4.98 Å². The maximum Gasteiger partial charge on any atom is 0.472 e. The number of hydrogen-bond acceptors (Lipinski definition) is 17. The Bertz CT molecular complexity index is 1800. The van der Waals surface area contributed by atoms with Crippen LogP contribution in [0.1, 0.15) is 31.7 Å². The standard InChI is InChI=1S/C24H32N8O14P2/c1-2-3-4-17(33)45-20-14(44-23(19(20)34)32-11-29-18-21(26)27-10-28-22(18)32)9-42-48(39,40)46-12-7-16(31-6-5-15(25)30-24(31)35)43-13(12)8-41-47(36,37)38/h2,5-6,10-14,16,19-20,23,34H,1,3-4,7-9H2,(H,39,40)(H2,25,30,35)(H2,26,27,28)(H2,36,37,38)/t12-,13+,14+,16+,19+,20+,23+/m0/s1. The van der Waals surface area contributed by atoms with Crippen molar-refractivity contribution in [2.45, 2.75) is 62.2 Å².